The second-order valence-electron chi connectivity index (χ2n) is 4.51. The highest BCUT2D eigenvalue weighted by Gasteiger charge is 2.08. The Labute approximate surface area is 117 Å². The third kappa shape index (κ3) is 2.14. The minimum absolute atomic E-state index is 0.419. The van der Waals surface area contributed by atoms with Crippen molar-refractivity contribution in [1.82, 2.24) is 9.38 Å². The molecule has 0 fully saturated rings. The molecule has 0 unspecified atom stereocenters. The molecule has 1 aromatic carbocycles. The van der Waals surface area contributed by atoms with Crippen LogP contribution < -0.4 is 10.5 Å². The molecule has 3 rings (SSSR count). The summed E-state index contributed by atoms with van der Waals surface area (Å²) in [6.45, 7) is 3.07. The number of rotatable bonds is 4. The van der Waals surface area contributed by atoms with Gasteiger partial charge in [-0.3, -0.25) is 4.40 Å². The molecule has 0 aliphatic carbocycles. The van der Waals surface area contributed by atoms with Gasteiger partial charge in [0.1, 0.15) is 11.6 Å². The van der Waals surface area contributed by atoms with Crippen molar-refractivity contribution in [3.05, 3.63) is 54.5 Å². The predicted octanol–water partition coefficient (Wildman–Crippen LogP) is 2.86. The monoisotopic (exact) mass is 267 g/mol. The van der Waals surface area contributed by atoms with Crippen molar-refractivity contribution < 1.29 is 4.74 Å². The maximum atomic E-state index is 5.77. The molecule has 0 saturated heterocycles. The molecule has 0 aliphatic heterocycles. The zero-order chi connectivity index (χ0) is 13.9. The summed E-state index contributed by atoms with van der Waals surface area (Å²) in [5.74, 6) is 1.75. The number of ether oxygens (including phenoxy) is 1. The van der Waals surface area contributed by atoms with Gasteiger partial charge < -0.3 is 10.5 Å². The van der Waals surface area contributed by atoms with Crippen LogP contribution in [0.1, 0.15) is 12.7 Å². The van der Waals surface area contributed by atoms with Crippen LogP contribution in [0, 0.1) is 0 Å². The summed E-state index contributed by atoms with van der Waals surface area (Å²) in [5.41, 5.74) is 9.02. The molecule has 4 nitrogen and oxygen atoms in total. The molecule has 2 N–H and O–H groups in total. The molecule has 0 amide bonds. The molecule has 2 heterocycles. The number of nitrogens with two attached hydrogens (primary N) is 1. The van der Waals surface area contributed by atoms with Crippen LogP contribution in [0.15, 0.2) is 48.7 Å². The summed E-state index contributed by atoms with van der Waals surface area (Å²) in [6.07, 6.45) is 1.85. The predicted molar refractivity (Wildman–Crippen MR) is 79.7 cm³/mol. The number of fused-ring (bicyclic) bond motifs is 1. The van der Waals surface area contributed by atoms with Crippen molar-refractivity contribution in [2.24, 2.45) is 5.73 Å². The fourth-order valence-electron chi connectivity index (χ4n) is 2.37. The highest BCUT2D eigenvalue weighted by Crippen LogP contribution is 2.24. The molecule has 20 heavy (non-hydrogen) atoms. The molecule has 0 bridgehead atoms. The van der Waals surface area contributed by atoms with Gasteiger partial charge in [-0.2, -0.15) is 0 Å². The smallest absolute Gasteiger partial charge is 0.127 e. The van der Waals surface area contributed by atoms with Crippen molar-refractivity contribution in [3.63, 3.8) is 0 Å². The van der Waals surface area contributed by atoms with Gasteiger partial charge >= 0.3 is 0 Å². The van der Waals surface area contributed by atoms with E-state index in [0.717, 1.165) is 28.3 Å². The molecule has 3 aromatic rings. The summed E-state index contributed by atoms with van der Waals surface area (Å²) in [6, 6.07) is 14.2. The van der Waals surface area contributed by atoms with Gasteiger partial charge in [0, 0.05) is 0 Å². The van der Waals surface area contributed by atoms with Gasteiger partial charge in [-0.05, 0) is 48.9 Å². The molecular formula is C16H17N3O. The van der Waals surface area contributed by atoms with Crippen LogP contribution in [0.3, 0.4) is 0 Å². The molecule has 102 valence electrons. The lowest BCUT2D eigenvalue weighted by Crippen LogP contribution is -2.04. The van der Waals surface area contributed by atoms with E-state index in [1.165, 1.54) is 0 Å². The van der Waals surface area contributed by atoms with Gasteiger partial charge in [-0.1, -0.05) is 6.07 Å². The Morgan fingerprint density at radius 3 is 2.65 bits per heavy atom. The summed E-state index contributed by atoms with van der Waals surface area (Å²) in [5, 5.41) is 0. The zero-order valence-corrected chi connectivity index (χ0v) is 11.4. The van der Waals surface area contributed by atoms with Crippen molar-refractivity contribution in [1.29, 1.82) is 0 Å². The first-order chi connectivity index (χ1) is 9.83. The van der Waals surface area contributed by atoms with Gasteiger partial charge in [0.2, 0.25) is 0 Å². The minimum Gasteiger partial charge on any atom is -0.494 e. The minimum atomic E-state index is 0.419. The van der Waals surface area contributed by atoms with Crippen LogP contribution in [0.5, 0.6) is 5.75 Å². The lowest BCUT2D eigenvalue weighted by Gasteiger charge is -2.09. The normalized spacial score (nSPS) is 10.9. The first kappa shape index (κ1) is 12.7. The van der Waals surface area contributed by atoms with E-state index in [1.54, 1.807) is 0 Å². The van der Waals surface area contributed by atoms with E-state index in [9.17, 15) is 0 Å². The Hall–Kier alpha value is -2.33. The van der Waals surface area contributed by atoms with Crippen molar-refractivity contribution >= 4 is 5.52 Å². The van der Waals surface area contributed by atoms with Gasteiger partial charge in [-0.15, -0.1) is 0 Å². The number of benzene rings is 1. The van der Waals surface area contributed by atoms with E-state index < -0.39 is 0 Å². The van der Waals surface area contributed by atoms with Crippen molar-refractivity contribution in [3.8, 4) is 17.0 Å². The second-order valence-corrected chi connectivity index (χ2v) is 4.51. The summed E-state index contributed by atoms with van der Waals surface area (Å²) in [7, 11) is 0. The zero-order valence-electron chi connectivity index (χ0n) is 11.4. The summed E-state index contributed by atoms with van der Waals surface area (Å²) < 4.78 is 7.57. The van der Waals surface area contributed by atoms with Crippen LogP contribution in [-0.4, -0.2) is 16.0 Å². The molecule has 0 radical (unpaired) electrons. The molecule has 0 spiro atoms. The largest absolute Gasteiger partial charge is 0.494 e. The van der Waals surface area contributed by atoms with Crippen LogP contribution in [0.2, 0.25) is 0 Å². The Balaban J connectivity index is 2.11. The van der Waals surface area contributed by atoms with E-state index in [-0.39, 0.29) is 0 Å². The topological polar surface area (TPSA) is 52.5 Å². The summed E-state index contributed by atoms with van der Waals surface area (Å²) >= 11 is 0. The number of imidazole rings is 1. The van der Waals surface area contributed by atoms with E-state index >= 15 is 0 Å². The second kappa shape index (κ2) is 5.35. The highest BCUT2D eigenvalue weighted by atomic mass is 16.5. The molecule has 4 heteroatoms. The fraction of sp³-hybridized carbons (Fsp3) is 0.188. The van der Waals surface area contributed by atoms with Crippen LogP contribution in [0.25, 0.3) is 16.8 Å². The lowest BCUT2D eigenvalue weighted by atomic mass is 10.1. The van der Waals surface area contributed by atoms with E-state index in [0.29, 0.717) is 13.2 Å². The number of aromatic nitrogens is 2. The van der Waals surface area contributed by atoms with Gasteiger partial charge in [0.05, 0.1) is 30.6 Å². The number of hydrogen-bond donors (Lipinski definition) is 1. The molecule has 0 saturated carbocycles. The summed E-state index contributed by atoms with van der Waals surface area (Å²) in [4.78, 5) is 4.36. The van der Waals surface area contributed by atoms with E-state index in [4.69, 9.17) is 10.5 Å². The first-order valence-corrected chi connectivity index (χ1v) is 6.72. The van der Waals surface area contributed by atoms with Gasteiger partial charge in [0.25, 0.3) is 0 Å². The highest BCUT2D eigenvalue weighted by molar-refractivity contribution is 5.66. The molecule has 0 atom stereocenters. The van der Waals surface area contributed by atoms with Crippen molar-refractivity contribution in [2.75, 3.05) is 6.61 Å². The Morgan fingerprint density at radius 2 is 1.95 bits per heavy atom. The fourth-order valence-corrected chi connectivity index (χ4v) is 2.37. The maximum Gasteiger partial charge on any atom is 0.127 e. The average molecular weight is 267 g/mol. The lowest BCUT2D eigenvalue weighted by molar-refractivity contribution is 0.340. The quantitative estimate of drug-likeness (QED) is 0.790. The van der Waals surface area contributed by atoms with E-state index in [2.05, 4.69) is 27.6 Å². The Morgan fingerprint density at radius 1 is 1.15 bits per heavy atom. The number of pyridine rings is 1. The van der Waals surface area contributed by atoms with Crippen LogP contribution >= 0.6 is 0 Å². The van der Waals surface area contributed by atoms with Gasteiger partial charge in [0.15, 0.2) is 0 Å². The first-order valence-electron chi connectivity index (χ1n) is 6.72. The SMILES string of the molecule is CCOc1ccc(-c2cccc3cnc(CN)n23)cc1. The Bertz CT molecular complexity index is 716. The standard InChI is InChI=1S/C16H17N3O/c1-2-20-14-8-6-12(7-9-14)15-5-3-4-13-11-18-16(10-17)19(13)15/h3-9,11H,2,10,17H2,1H3. The maximum absolute atomic E-state index is 5.77. The Kier molecular flexibility index (Phi) is 3.39. The van der Waals surface area contributed by atoms with E-state index in [1.807, 2.05) is 37.4 Å². The number of nitrogens with zero attached hydrogens (tertiary/aromatic N) is 2. The average Bonchev–Trinajstić information content (AvgIpc) is 2.91. The third-order valence-corrected chi connectivity index (χ3v) is 3.27. The van der Waals surface area contributed by atoms with Crippen LogP contribution in [-0.2, 0) is 6.54 Å². The third-order valence-electron chi connectivity index (χ3n) is 3.27. The molecular weight excluding hydrogens is 250 g/mol. The number of hydrogen-bond acceptors (Lipinski definition) is 3. The van der Waals surface area contributed by atoms with Crippen LogP contribution in [0.4, 0.5) is 0 Å². The molecule has 2 aromatic heterocycles. The van der Waals surface area contributed by atoms with Crippen molar-refractivity contribution in [2.45, 2.75) is 13.5 Å². The molecule has 0 aliphatic rings. The van der Waals surface area contributed by atoms with Gasteiger partial charge in [-0.25, -0.2) is 4.98 Å².